The summed E-state index contributed by atoms with van der Waals surface area (Å²) in [4.78, 5) is 6.20. The smallest absolute Gasteiger partial charge is 0.125 e. The zero-order valence-electron chi connectivity index (χ0n) is 8.76. The van der Waals surface area contributed by atoms with E-state index >= 15 is 0 Å². The van der Waals surface area contributed by atoms with Crippen molar-refractivity contribution in [3.8, 4) is 0 Å². The van der Waals surface area contributed by atoms with E-state index in [0.717, 1.165) is 5.69 Å². The molecular weight excluding hydrogens is 190 g/mol. The Hall–Kier alpha value is -1.29. The Balaban J connectivity index is 2.15. The maximum atomic E-state index is 9.05. The topological polar surface area (TPSA) is 62.4 Å². The fraction of sp³-hybridized carbons (Fsp3) is 0.545. The molecule has 82 valence electrons. The van der Waals surface area contributed by atoms with Gasteiger partial charge in [0.25, 0.3) is 0 Å². The molecule has 0 spiro atoms. The summed E-state index contributed by atoms with van der Waals surface area (Å²) in [5, 5.41) is 9.05. The van der Waals surface area contributed by atoms with Crippen LogP contribution in [0.5, 0.6) is 0 Å². The van der Waals surface area contributed by atoms with Gasteiger partial charge < -0.3 is 15.7 Å². The molecule has 15 heavy (non-hydrogen) atoms. The zero-order chi connectivity index (χ0) is 10.7. The molecular formula is C11H17N3O. The van der Waals surface area contributed by atoms with Crippen molar-refractivity contribution in [2.45, 2.75) is 25.3 Å². The molecule has 1 fully saturated rings. The van der Waals surface area contributed by atoms with Crippen molar-refractivity contribution in [3.63, 3.8) is 0 Å². The van der Waals surface area contributed by atoms with Crippen LogP contribution in [0.25, 0.3) is 0 Å². The molecule has 0 radical (unpaired) electrons. The number of hydrogen-bond donors (Lipinski definition) is 2. The molecule has 1 aliphatic rings. The van der Waals surface area contributed by atoms with E-state index in [1.807, 2.05) is 12.1 Å². The Bertz CT molecular complexity index is 325. The lowest BCUT2D eigenvalue weighted by Crippen LogP contribution is -2.42. The molecule has 1 aliphatic carbocycles. The normalized spacial score (nSPS) is 16.1. The maximum absolute atomic E-state index is 9.05. The fourth-order valence-electron chi connectivity index (χ4n) is 1.94. The molecule has 0 atom stereocenters. The molecule has 4 heteroatoms. The van der Waals surface area contributed by atoms with Crippen LogP contribution in [0.2, 0.25) is 0 Å². The van der Waals surface area contributed by atoms with Gasteiger partial charge in [-0.1, -0.05) is 0 Å². The average Bonchev–Trinajstić information content (AvgIpc) is 2.14. The van der Waals surface area contributed by atoms with Crippen molar-refractivity contribution < 1.29 is 5.11 Å². The number of rotatable bonds is 4. The van der Waals surface area contributed by atoms with Crippen LogP contribution in [0.4, 0.5) is 11.5 Å². The summed E-state index contributed by atoms with van der Waals surface area (Å²) in [6, 6.07) is 4.39. The Morgan fingerprint density at radius 1 is 1.53 bits per heavy atom. The molecule has 1 heterocycles. The Morgan fingerprint density at radius 3 is 2.87 bits per heavy atom. The lowest BCUT2D eigenvalue weighted by Gasteiger charge is -2.39. The predicted molar refractivity (Wildman–Crippen MR) is 60.7 cm³/mol. The Kier molecular flexibility index (Phi) is 3.06. The van der Waals surface area contributed by atoms with E-state index in [0.29, 0.717) is 18.4 Å². The Labute approximate surface area is 89.7 Å². The minimum atomic E-state index is 0.179. The van der Waals surface area contributed by atoms with Gasteiger partial charge in [-0.3, -0.25) is 0 Å². The maximum Gasteiger partial charge on any atom is 0.125 e. The van der Waals surface area contributed by atoms with E-state index in [2.05, 4.69) is 9.88 Å². The van der Waals surface area contributed by atoms with Crippen molar-refractivity contribution in [1.82, 2.24) is 4.98 Å². The van der Waals surface area contributed by atoms with Gasteiger partial charge in [0.05, 0.1) is 6.61 Å². The predicted octanol–water partition coefficient (Wildman–Crippen LogP) is 1.01. The number of anilines is 2. The second kappa shape index (κ2) is 4.49. The standard InChI is InChI=1S/C11H17N3O/c12-11-8-10(4-5-13-11)14(6-7-15)9-2-1-3-9/h4-5,8-9,15H,1-3,6-7H2,(H2,12,13). The highest BCUT2D eigenvalue weighted by molar-refractivity contribution is 5.53. The van der Waals surface area contributed by atoms with E-state index in [4.69, 9.17) is 10.8 Å². The van der Waals surface area contributed by atoms with Crippen LogP contribution in [0, 0.1) is 0 Å². The Morgan fingerprint density at radius 2 is 2.33 bits per heavy atom. The molecule has 1 saturated carbocycles. The fourth-order valence-corrected chi connectivity index (χ4v) is 1.94. The number of pyridine rings is 1. The number of aromatic nitrogens is 1. The molecule has 0 aromatic carbocycles. The summed E-state index contributed by atoms with van der Waals surface area (Å²) in [6.07, 6.45) is 5.42. The van der Waals surface area contributed by atoms with Gasteiger partial charge in [-0.15, -0.1) is 0 Å². The van der Waals surface area contributed by atoms with Crippen molar-refractivity contribution >= 4 is 11.5 Å². The van der Waals surface area contributed by atoms with Crippen LogP contribution in [0.15, 0.2) is 18.3 Å². The van der Waals surface area contributed by atoms with Crippen LogP contribution < -0.4 is 10.6 Å². The van der Waals surface area contributed by atoms with Gasteiger partial charge >= 0.3 is 0 Å². The van der Waals surface area contributed by atoms with Crippen molar-refractivity contribution in [3.05, 3.63) is 18.3 Å². The molecule has 1 aromatic heterocycles. The number of hydrogen-bond acceptors (Lipinski definition) is 4. The largest absolute Gasteiger partial charge is 0.395 e. The molecule has 1 aromatic rings. The van der Waals surface area contributed by atoms with Crippen LogP contribution in [-0.4, -0.2) is 29.3 Å². The van der Waals surface area contributed by atoms with Gasteiger partial charge in [-0.25, -0.2) is 4.98 Å². The number of aliphatic hydroxyl groups is 1. The monoisotopic (exact) mass is 207 g/mol. The number of nitrogens with two attached hydrogens (primary N) is 1. The summed E-state index contributed by atoms with van der Waals surface area (Å²) in [5.41, 5.74) is 6.72. The first-order valence-electron chi connectivity index (χ1n) is 5.40. The number of aliphatic hydroxyl groups excluding tert-OH is 1. The number of nitrogens with zero attached hydrogens (tertiary/aromatic N) is 2. The van der Waals surface area contributed by atoms with Crippen molar-refractivity contribution in [1.29, 1.82) is 0 Å². The zero-order valence-corrected chi connectivity index (χ0v) is 8.76. The first-order chi connectivity index (χ1) is 7.31. The van der Waals surface area contributed by atoms with Gasteiger partial charge in [0.2, 0.25) is 0 Å². The second-order valence-electron chi connectivity index (χ2n) is 3.94. The third kappa shape index (κ3) is 2.21. The molecule has 0 bridgehead atoms. The molecule has 0 aliphatic heterocycles. The second-order valence-corrected chi connectivity index (χ2v) is 3.94. The van der Waals surface area contributed by atoms with Crippen LogP contribution in [0.1, 0.15) is 19.3 Å². The average molecular weight is 207 g/mol. The number of nitrogen functional groups attached to an aromatic ring is 1. The summed E-state index contributed by atoms with van der Waals surface area (Å²) >= 11 is 0. The molecule has 4 nitrogen and oxygen atoms in total. The van der Waals surface area contributed by atoms with Gasteiger partial charge in [0, 0.05) is 30.5 Å². The third-order valence-corrected chi connectivity index (χ3v) is 2.95. The highest BCUT2D eigenvalue weighted by Crippen LogP contribution is 2.29. The van der Waals surface area contributed by atoms with E-state index in [1.165, 1.54) is 19.3 Å². The summed E-state index contributed by atoms with van der Waals surface area (Å²) in [6.45, 7) is 0.854. The molecule has 0 unspecified atom stereocenters. The van der Waals surface area contributed by atoms with Crippen molar-refractivity contribution in [2.75, 3.05) is 23.8 Å². The van der Waals surface area contributed by atoms with E-state index in [9.17, 15) is 0 Å². The minimum absolute atomic E-state index is 0.179. The van der Waals surface area contributed by atoms with Crippen LogP contribution >= 0.6 is 0 Å². The quantitative estimate of drug-likeness (QED) is 0.773. The van der Waals surface area contributed by atoms with Gasteiger partial charge in [0.1, 0.15) is 5.82 Å². The lowest BCUT2D eigenvalue weighted by molar-refractivity contribution is 0.283. The first-order valence-corrected chi connectivity index (χ1v) is 5.40. The molecule has 0 amide bonds. The molecule has 2 rings (SSSR count). The molecule has 0 saturated heterocycles. The van der Waals surface area contributed by atoms with Gasteiger partial charge in [-0.05, 0) is 25.3 Å². The van der Waals surface area contributed by atoms with Gasteiger partial charge in [0.15, 0.2) is 0 Å². The van der Waals surface area contributed by atoms with Crippen molar-refractivity contribution in [2.24, 2.45) is 0 Å². The summed E-state index contributed by atoms with van der Waals surface area (Å²) < 4.78 is 0. The minimum Gasteiger partial charge on any atom is -0.395 e. The lowest BCUT2D eigenvalue weighted by atomic mass is 9.91. The SMILES string of the molecule is Nc1cc(N(CCO)C2CCC2)ccn1. The molecule has 3 N–H and O–H groups in total. The highest BCUT2D eigenvalue weighted by Gasteiger charge is 2.24. The van der Waals surface area contributed by atoms with E-state index in [-0.39, 0.29) is 6.61 Å². The summed E-state index contributed by atoms with van der Waals surface area (Å²) in [7, 11) is 0. The third-order valence-electron chi connectivity index (χ3n) is 2.95. The van der Waals surface area contributed by atoms with Crippen LogP contribution in [-0.2, 0) is 0 Å². The first kappa shape index (κ1) is 10.2. The highest BCUT2D eigenvalue weighted by atomic mass is 16.3. The van der Waals surface area contributed by atoms with Gasteiger partial charge in [-0.2, -0.15) is 0 Å². The van der Waals surface area contributed by atoms with Crippen LogP contribution in [0.3, 0.4) is 0 Å². The van der Waals surface area contributed by atoms with E-state index in [1.54, 1.807) is 6.20 Å². The van der Waals surface area contributed by atoms with E-state index < -0.39 is 0 Å². The summed E-state index contributed by atoms with van der Waals surface area (Å²) in [5.74, 6) is 0.537.